The van der Waals surface area contributed by atoms with Gasteiger partial charge in [-0.25, -0.2) is 0 Å². The van der Waals surface area contributed by atoms with Crippen molar-refractivity contribution in [2.75, 3.05) is 106 Å². The number of hydrogen-bond acceptors (Lipinski definition) is 10. The van der Waals surface area contributed by atoms with E-state index in [1.165, 1.54) is 0 Å². The minimum atomic E-state index is 0.366. The molecule has 10 nitrogen and oxygen atoms in total. The molecule has 66 heavy (non-hydrogen) atoms. The zero-order valence-electron chi connectivity index (χ0n) is 37.3. The fourth-order valence-corrected chi connectivity index (χ4v) is 8.44. The average molecular weight is 889 g/mol. The van der Waals surface area contributed by atoms with E-state index in [1.807, 2.05) is 24.3 Å². The third-order valence-corrected chi connectivity index (χ3v) is 11.5. The molecule has 10 heteroatoms. The van der Waals surface area contributed by atoms with E-state index in [0.29, 0.717) is 106 Å². The summed E-state index contributed by atoms with van der Waals surface area (Å²) in [5, 5.41) is 8.74. The lowest BCUT2D eigenvalue weighted by Gasteiger charge is -2.20. The molecule has 1 aliphatic heterocycles. The smallest absolute Gasteiger partial charge is 0.128 e. The summed E-state index contributed by atoms with van der Waals surface area (Å²) in [6, 6.07) is 50.0. The summed E-state index contributed by atoms with van der Waals surface area (Å²) in [6.45, 7) is 6.58. The molecule has 0 aromatic heterocycles. The van der Waals surface area contributed by atoms with Gasteiger partial charge in [0.05, 0.1) is 79.3 Å². The second-order valence-corrected chi connectivity index (χ2v) is 15.7. The largest absolute Gasteiger partial charge is 0.491 e. The van der Waals surface area contributed by atoms with Crippen LogP contribution in [0.2, 0.25) is 0 Å². The Bertz CT molecular complexity index is 2440. The molecule has 0 atom stereocenters. The highest BCUT2D eigenvalue weighted by molar-refractivity contribution is 6.11. The Morgan fingerprint density at radius 3 is 0.621 bits per heavy atom. The van der Waals surface area contributed by atoms with Crippen LogP contribution in [0.1, 0.15) is 0 Å². The van der Waals surface area contributed by atoms with Crippen LogP contribution in [0.3, 0.4) is 0 Å². The summed E-state index contributed by atoms with van der Waals surface area (Å²) in [6.07, 6.45) is 0. The minimum absolute atomic E-state index is 0.366. The van der Waals surface area contributed by atoms with Gasteiger partial charge in [0.1, 0.15) is 49.4 Å². The molecule has 1 aliphatic rings. The molecule has 0 saturated carbocycles. The fourth-order valence-electron chi connectivity index (χ4n) is 8.44. The fraction of sp³-hybridized carbons (Fsp3) is 0.286. The highest BCUT2D eigenvalue weighted by Crippen LogP contribution is 2.47. The van der Waals surface area contributed by atoms with Crippen molar-refractivity contribution in [3.05, 3.63) is 146 Å². The van der Waals surface area contributed by atoms with Gasteiger partial charge in [-0.05, 0) is 67.4 Å². The van der Waals surface area contributed by atoms with Gasteiger partial charge in [-0.15, -0.1) is 0 Å². The minimum Gasteiger partial charge on any atom is -0.491 e. The number of ether oxygens (including phenoxy) is 10. The number of benzene rings is 8. The van der Waals surface area contributed by atoms with Crippen LogP contribution >= 0.6 is 0 Å². The van der Waals surface area contributed by atoms with Crippen molar-refractivity contribution in [3.63, 3.8) is 0 Å². The molecule has 0 saturated heterocycles. The molecule has 0 bridgehead atoms. The van der Waals surface area contributed by atoms with Crippen LogP contribution in [-0.2, 0) is 28.4 Å². The Morgan fingerprint density at radius 1 is 0.197 bits per heavy atom. The number of fused-ring (bicyclic) bond motifs is 14. The first-order valence-electron chi connectivity index (χ1n) is 22.9. The van der Waals surface area contributed by atoms with Crippen LogP contribution in [-0.4, -0.2) is 106 Å². The summed E-state index contributed by atoms with van der Waals surface area (Å²) >= 11 is 0. The Kier molecular flexibility index (Phi) is 15.9. The van der Waals surface area contributed by atoms with E-state index < -0.39 is 0 Å². The predicted octanol–water partition coefficient (Wildman–Crippen LogP) is 11.0. The Hall–Kier alpha value is -6.24. The van der Waals surface area contributed by atoms with Gasteiger partial charge in [-0.1, -0.05) is 121 Å². The van der Waals surface area contributed by atoms with Crippen molar-refractivity contribution in [1.29, 1.82) is 0 Å². The van der Waals surface area contributed by atoms with Crippen molar-refractivity contribution in [3.8, 4) is 45.3 Å². The van der Waals surface area contributed by atoms with Crippen LogP contribution in [0.4, 0.5) is 0 Å². The molecule has 8 aromatic rings. The van der Waals surface area contributed by atoms with E-state index in [-0.39, 0.29) is 0 Å². The van der Waals surface area contributed by atoms with Crippen molar-refractivity contribution in [1.82, 2.24) is 0 Å². The van der Waals surface area contributed by atoms with Gasteiger partial charge in [-0.2, -0.15) is 0 Å². The Morgan fingerprint density at radius 2 is 0.394 bits per heavy atom. The van der Waals surface area contributed by atoms with E-state index >= 15 is 0 Å². The lowest BCUT2D eigenvalue weighted by Crippen LogP contribution is -2.15. The van der Waals surface area contributed by atoms with E-state index in [9.17, 15) is 0 Å². The van der Waals surface area contributed by atoms with Gasteiger partial charge in [0.15, 0.2) is 0 Å². The van der Waals surface area contributed by atoms with E-state index in [1.54, 1.807) is 0 Å². The van der Waals surface area contributed by atoms with Crippen LogP contribution in [0.5, 0.6) is 23.0 Å². The van der Waals surface area contributed by atoms with Gasteiger partial charge in [0, 0.05) is 22.3 Å². The SMILES string of the molecule is c1ccc2c3c(ccc2c1)OCCOCCOCCOCCOc1ccc2ccccc2c1-c1c(ccc2ccccc12)OCCOCCOCCOCCOc1ccc2ccccc2c1-3. The third kappa shape index (κ3) is 11.1. The molecule has 8 aromatic carbocycles. The summed E-state index contributed by atoms with van der Waals surface area (Å²) in [5.41, 5.74) is 3.91. The summed E-state index contributed by atoms with van der Waals surface area (Å²) in [5.74, 6) is 3.03. The molecule has 1 heterocycles. The van der Waals surface area contributed by atoms with Gasteiger partial charge in [0.25, 0.3) is 0 Å². The van der Waals surface area contributed by atoms with E-state index in [2.05, 4.69) is 121 Å². The van der Waals surface area contributed by atoms with E-state index in [0.717, 1.165) is 88.3 Å². The first kappa shape index (κ1) is 44.9. The molecule has 0 fully saturated rings. The first-order valence-corrected chi connectivity index (χ1v) is 22.9. The summed E-state index contributed by atoms with van der Waals surface area (Å²) in [7, 11) is 0. The quantitative estimate of drug-likeness (QED) is 0.147. The van der Waals surface area contributed by atoms with Gasteiger partial charge in [-0.3, -0.25) is 0 Å². The molecule has 0 spiro atoms. The molecule has 0 amide bonds. The lowest BCUT2D eigenvalue weighted by molar-refractivity contribution is 0.00490. The van der Waals surface area contributed by atoms with Crippen LogP contribution in [0, 0.1) is 0 Å². The average Bonchev–Trinajstić information content (AvgIpc) is 3.36. The second kappa shape index (κ2) is 23.3. The normalized spacial score (nSPS) is 16.2. The molecule has 0 aliphatic carbocycles. The van der Waals surface area contributed by atoms with Crippen molar-refractivity contribution in [2.24, 2.45) is 0 Å². The number of rotatable bonds is 0. The van der Waals surface area contributed by atoms with Crippen LogP contribution < -0.4 is 18.9 Å². The maximum Gasteiger partial charge on any atom is 0.128 e. The third-order valence-electron chi connectivity index (χ3n) is 11.5. The molecule has 0 N–H and O–H groups in total. The molecule has 9 rings (SSSR count). The molecular weight excluding hydrogens is 833 g/mol. The predicted molar refractivity (Wildman–Crippen MR) is 261 cm³/mol. The first-order chi connectivity index (χ1) is 32.8. The van der Waals surface area contributed by atoms with E-state index in [4.69, 9.17) is 47.4 Å². The highest BCUT2D eigenvalue weighted by atomic mass is 16.6. The zero-order valence-corrected chi connectivity index (χ0v) is 37.3. The molecular formula is C56H56O10. The lowest BCUT2D eigenvalue weighted by atomic mass is 9.92. The van der Waals surface area contributed by atoms with Crippen molar-refractivity contribution in [2.45, 2.75) is 0 Å². The van der Waals surface area contributed by atoms with Gasteiger partial charge in [0.2, 0.25) is 0 Å². The highest BCUT2D eigenvalue weighted by Gasteiger charge is 2.21. The Labute approximate surface area is 385 Å². The molecule has 340 valence electrons. The summed E-state index contributed by atoms with van der Waals surface area (Å²) in [4.78, 5) is 0. The molecule has 0 radical (unpaired) electrons. The monoisotopic (exact) mass is 888 g/mol. The maximum atomic E-state index is 6.50. The standard InChI is InChI=1S/C56H56O10/c1-5-13-45-41(9-1)17-21-49-53(45)54-46-14-6-2-10-42(46)18-22-50(54)64-38-34-60-30-26-58-28-32-62-36-40-66-52-24-20-44-12-4-8-16-48(44)56(52)55-47-15-7-3-11-43(47)19-23-51(55)65-39-35-61-31-27-57-25-29-59-33-37-63-49/h1-24H,25-40H2. The topological polar surface area (TPSA) is 92.3 Å². The number of hydrogen-bond donors (Lipinski definition) is 0. The van der Waals surface area contributed by atoms with Crippen molar-refractivity contribution >= 4 is 43.1 Å². The Balaban J connectivity index is 0.879. The van der Waals surface area contributed by atoms with Gasteiger partial charge < -0.3 is 47.4 Å². The molecule has 0 unspecified atom stereocenters. The second-order valence-electron chi connectivity index (χ2n) is 15.7. The van der Waals surface area contributed by atoms with Crippen molar-refractivity contribution < 1.29 is 47.4 Å². The van der Waals surface area contributed by atoms with Crippen LogP contribution in [0.25, 0.3) is 65.3 Å². The zero-order chi connectivity index (χ0) is 44.6. The van der Waals surface area contributed by atoms with Crippen LogP contribution in [0.15, 0.2) is 146 Å². The maximum absolute atomic E-state index is 6.50. The summed E-state index contributed by atoms with van der Waals surface area (Å²) < 4.78 is 61.4. The van der Waals surface area contributed by atoms with Gasteiger partial charge >= 0.3 is 0 Å².